The number of carbonyl (C=O) groups is 2. The number of ether oxygens (including phenoxy) is 1. The zero-order valence-electron chi connectivity index (χ0n) is 12.3. The molecule has 0 spiro atoms. The van der Waals surface area contributed by atoms with Crippen molar-refractivity contribution in [2.75, 3.05) is 44.3 Å². The highest BCUT2D eigenvalue weighted by atomic mass is 16.5. The summed E-state index contributed by atoms with van der Waals surface area (Å²) in [5.74, 6) is -0.803. The number of anilines is 1. The Hall–Kier alpha value is -2.15. The highest BCUT2D eigenvalue weighted by Gasteiger charge is 2.30. The molecule has 7 heteroatoms. The molecule has 3 heterocycles. The van der Waals surface area contributed by atoms with Crippen LogP contribution in [0.4, 0.5) is 5.69 Å². The molecule has 1 aromatic rings. The summed E-state index contributed by atoms with van der Waals surface area (Å²) in [4.78, 5) is 31.2. The van der Waals surface area contributed by atoms with Crippen molar-refractivity contribution >= 4 is 17.6 Å². The monoisotopic (exact) mass is 305 g/mol. The Balaban J connectivity index is 1.60. The number of piperazine rings is 1. The Kier molecular flexibility index (Phi) is 4.24. The summed E-state index contributed by atoms with van der Waals surface area (Å²) in [5.41, 5.74) is 0.968. The third kappa shape index (κ3) is 3.04. The van der Waals surface area contributed by atoms with Crippen molar-refractivity contribution in [2.45, 2.75) is 6.42 Å². The third-order valence-electron chi connectivity index (χ3n) is 4.21. The van der Waals surface area contributed by atoms with Crippen molar-refractivity contribution in [3.05, 3.63) is 24.0 Å². The smallest absolute Gasteiger partial charge is 0.337 e. The number of aromatic nitrogens is 1. The lowest BCUT2D eigenvalue weighted by Crippen LogP contribution is -2.50. The Morgan fingerprint density at radius 3 is 2.64 bits per heavy atom. The van der Waals surface area contributed by atoms with Crippen LogP contribution in [0.5, 0.6) is 0 Å². The molecular weight excluding hydrogens is 286 g/mol. The minimum atomic E-state index is -0.982. The Bertz CT molecular complexity index is 564. The topological polar surface area (TPSA) is 83.0 Å². The van der Waals surface area contributed by atoms with Crippen LogP contribution in [-0.4, -0.2) is 66.3 Å². The molecule has 1 amide bonds. The van der Waals surface area contributed by atoms with E-state index in [0.29, 0.717) is 39.4 Å². The van der Waals surface area contributed by atoms with Crippen LogP contribution in [0.15, 0.2) is 18.5 Å². The zero-order valence-corrected chi connectivity index (χ0v) is 12.3. The van der Waals surface area contributed by atoms with Gasteiger partial charge in [-0.25, -0.2) is 4.79 Å². The van der Waals surface area contributed by atoms with Gasteiger partial charge in [0.25, 0.3) is 0 Å². The van der Waals surface area contributed by atoms with Gasteiger partial charge in [0, 0.05) is 39.0 Å². The van der Waals surface area contributed by atoms with E-state index in [2.05, 4.69) is 9.88 Å². The first-order valence-corrected chi connectivity index (χ1v) is 7.45. The van der Waals surface area contributed by atoms with Crippen molar-refractivity contribution in [1.82, 2.24) is 9.88 Å². The second-order valence-corrected chi connectivity index (χ2v) is 5.61. The van der Waals surface area contributed by atoms with E-state index < -0.39 is 5.97 Å². The fourth-order valence-electron chi connectivity index (χ4n) is 2.89. The summed E-state index contributed by atoms with van der Waals surface area (Å²) < 4.78 is 5.27. The van der Waals surface area contributed by atoms with Crippen LogP contribution in [-0.2, 0) is 9.53 Å². The Morgan fingerprint density at radius 1 is 1.23 bits per heavy atom. The van der Waals surface area contributed by atoms with E-state index >= 15 is 0 Å². The number of hydrogen-bond acceptors (Lipinski definition) is 5. The first-order valence-electron chi connectivity index (χ1n) is 7.45. The minimum Gasteiger partial charge on any atom is -0.478 e. The second kappa shape index (κ2) is 6.31. The van der Waals surface area contributed by atoms with Crippen LogP contribution >= 0.6 is 0 Å². The average Bonchev–Trinajstić information content (AvgIpc) is 3.09. The fourth-order valence-corrected chi connectivity index (χ4v) is 2.89. The number of aromatic carboxylic acids is 1. The van der Waals surface area contributed by atoms with E-state index in [0.717, 1.165) is 12.1 Å². The molecule has 0 bridgehead atoms. The van der Waals surface area contributed by atoms with Crippen LogP contribution in [0.25, 0.3) is 0 Å². The lowest BCUT2D eigenvalue weighted by molar-refractivity contribution is -0.135. The highest BCUT2D eigenvalue weighted by Crippen LogP contribution is 2.20. The van der Waals surface area contributed by atoms with Gasteiger partial charge in [-0.1, -0.05) is 0 Å². The maximum Gasteiger partial charge on any atom is 0.337 e. The second-order valence-electron chi connectivity index (χ2n) is 5.61. The molecule has 1 atom stereocenters. The molecule has 2 aliphatic heterocycles. The van der Waals surface area contributed by atoms with Gasteiger partial charge in [-0.2, -0.15) is 0 Å². The maximum atomic E-state index is 12.3. The van der Waals surface area contributed by atoms with Crippen LogP contribution in [0.1, 0.15) is 16.8 Å². The Labute approximate surface area is 128 Å². The van der Waals surface area contributed by atoms with Crippen LogP contribution < -0.4 is 4.90 Å². The zero-order chi connectivity index (χ0) is 15.5. The van der Waals surface area contributed by atoms with Gasteiger partial charge >= 0.3 is 5.97 Å². The number of carboxylic acids is 1. The molecule has 0 radical (unpaired) electrons. The van der Waals surface area contributed by atoms with Crippen molar-refractivity contribution in [3.63, 3.8) is 0 Å². The van der Waals surface area contributed by atoms with E-state index in [1.54, 1.807) is 12.3 Å². The lowest BCUT2D eigenvalue weighted by atomic mass is 10.1. The number of hydrogen-bond donors (Lipinski definition) is 1. The molecule has 2 saturated heterocycles. The van der Waals surface area contributed by atoms with Gasteiger partial charge < -0.3 is 19.6 Å². The normalized spacial score (nSPS) is 21.9. The summed E-state index contributed by atoms with van der Waals surface area (Å²) in [6.45, 7) is 3.86. The summed E-state index contributed by atoms with van der Waals surface area (Å²) in [6.07, 6.45) is 3.81. The van der Waals surface area contributed by atoms with Gasteiger partial charge in [-0.15, -0.1) is 0 Å². The standard InChI is InChI=1S/C15H19N3O4/c19-14(11-1-6-22-10-11)18-4-2-17(3-5-18)13-7-12(15(20)21)8-16-9-13/h7-9,11H,1-6,10H2,(H,20,21). The van der Waals surface area contributed by atoms with Gasteiger partial charge in [0.1, 0.15) is 0 Å². The molecule has 0 aliphatic carbocycles. The van der Waals surface area contributed by atoms with E-state index in [-0.39, 0.29) is 17.4 Å². The minimum absolute atomic E-state index is 0.00329. The molecule has 7 nitrogen and oxygen atoms in total. The maximum absolute atomic E-state index is 12.3. The van der Waals surface area contributed by atoms with Crippen molar-refractivity contribution in [1.29, 1.82) is 0 Å². The van der Waals surface area contributed by atoms with Crippen molar-refractivity contribution in [3.8, 4) is 0 Å². The molecule has 1 unspecified atom stereocenters. The quantitative estimate of drug-likeness (QED) is 0.874. The molecule has 0 aromatic carbocycles. The van der Waals surface area contributed by atoms with Crippen LogP contribution in [0, 0.1) is 5.92 Å². The molecule has 1 aromatic heterocycles. The molecule has 3 rings (SSSR count). The fraction of sp³-hybridized carbons (Fsp3) is 0.533. The van der Waals surface area contributed by atoms with Gasteiger partial charge in [0.05, 0.1) is 30.0 Å². The number of rotatable bonds is 3. The number of nitrogens with zero attached hydrogens (tertiary/aromatic N) is 3. The van der Waals surface area contributed by atoms with Gasteiger partial charge in [-0.3, -0.25) is 9.78 Å². The summed E-state index contributed by atoms with van der Waals surface area (Å²) >= 11 is 0. The van der Waals surface area contributed by atoms with Gasteiger partial charge in [-0.05, 0) is 12.5 Å². The summed E-state index contributed by atoms with van der Waals surface area (Å²) in [7, 11) is 0. The van der Waals surface area contributed by atoms with E-state index in [1.807, 2.05) is 4.90 Å². The van der Waals surface area contributed by atoms with Gasteiger partial charge in [0.2, 0.25) is 5.91 Å². The third-order valence-corrected chi connectivity index (χ3v) is 4.21. The van der Waals surface area contributed by atoms with E-state index in [1.165, 1.54) is 6.20 Å². The van der Waals surface area contributed by atoms with Gasteiger partial charge in [0.15, 0.2) is 0 Å². The number of carbonyl (C=O) groups excluding carboxylic acids is 1. The largest absolute Gasteiger partial charge is 0.478 e. The molecule has 118 valence electrons. The van der Waals surface area contributed by atoms with Crippen LogP contribution in [0.3, 0.4) is 0 Å². The molecule has 2 fully saturated rings. The van der Waals surface area contributed by atoms with Crippen LogP contribution in [0.2, 0.25) is 0 Å². The summed E-state index contributed by atoms with van der Waals surface area (Å²) in [5, 5.41) is 9.02. The molecule has 1 N–H and O–H groups in total. The number of pyridine rings is 1. The molecule has 0 saturated carbocycles. The number of amides is 1. The molecule has 2 aliphatic rings. The summed E-state index contributed by atoms with van der Waals surface area (Å²) in [6, 6.07) is 1.62. The van der Waals surface area contributed by atoms with E-state index in [9.17, 15) is 9.59 Å². The first-order chi connectivity index (χ1) is 10.6. The highest BCUT2D eigenvalue weighted by molar-refractivity contribution is 5.88. The number of carboxylic acid groups (broad SMARTS) is 1. The van der Waals surface area contributed by atoms with Crippen molar-refractivity contribution in [2.24, 2.45) is 5.92 Å². The van der Waals surface area contributed by atoms with Crippen molar-refractivity contribution < 1.29 is 19.4 Å². The average molecular weight is 305 g/mol. The molecular formula is C15H19N3O4. The lowest BCUT2D eigenvalue weighted by Gasteiger charge is -2.37. The predicted octanol–water partition coefficient (Wildman–Crippen LogP) is 0.465. The molecule has 22 heavy (non-hydrogen) atoms. The first kappa shape index (κ1) is 14.8. The Morgan fingerprint density at radius 2 is 2.00 bits per heavy atom. The van der Waals surface area contributed by atoms with E-state index in [4.69, 9.17) is 9.84 Å². The predicted molar refractivity (Wildman–Crippen MR) is 78.9 cm³/mol. The SMILES string of the molecule is O=C(O)c1cncc(N2CCN(C(=O)C3CCOC3)CC2)c1.